The average Bonchev–Trinajstić information content (AvgIpc) is 2.95. The summed E-state index contributed by atoms with van der Waals surface area (Å²) in [6, 6.07) is 0. The first-order valence-electron chi connectivity index (χ1n) is 10.5. The molecule has 0 aromatic carbocycles. The quantitative estimate of drug-likeness (QED) is 0.664. The molecule has 4 aliphatic carbocycles. The molecule has 4 bridgehead atoms. The lowest BCUT2D eigenvalue weighted by atomic mass is 9.46. The molecule has 2 heterocycles. The minimum atomic E-state index is -0.754. The standard InChI is InChI=1S/C21H26ClN5O3/c1-11-18(12(2)26-25-11)24-15-9-23-27(19(30)17(15)22)21-6-13-3-14(7-21)5-20(4-13,10-21)8-16(28)29/h9,13-14,24H,3-8,10H2,1-2H3,(H,25,26)(H,28,29)/t13-,14+,20?,21?. The molecule has 3 N–H and O–H groups in total. The van der Waals surface area contributed by atoms with Crippen molar-refractivity contribution in [3.8, 4) is 0 Å². The summed E-state index contributed by atoms with van der Waals surface area (Å²) in [4.78, 5) is 24.9. The van der Waals surface area contributed by atoms with E-state index in [0.717, 1.165) is 49.2 Å². The minimum absolute atomic E-state index is 0.105. The molecule has 4 saturated carbocycles. The topological polar surface area (TPSA) is 113 Å². The summed E-state index contributed by atoms with van der Waals surface area (Å²) in [7, 11) is 0. The van der Waals surface area contributed by atoms with Gasteiger partial charge in [0.05, 0.1) is 40.9 Å². The maximum Gasteiger partial charge on any atom is 0.303 e. The highest BCUT2D eigenvalue weighted by Gasteiger charge is 2.59. The number of nitrogens with one attached hydrogen (secondary N) is 2. The SMILES string of the molecule is Cc1n[nH]c(C)c1Nc1cnn(C23C[C@@H]4C[C@@H](CC(CC(=O)O)(C4)C2)C3)c(=O)c1Cl. The smallest absolute Gasteiger partial charge is 0.303 e. The fourth-order valence-electron chi connectivity index (χ4n) is 6.90. The van der Waals surface area contributed by atoms with Gasteiger partial charge in [0.2, 0.25) is 0 Å². The van der Waals surface area contributed by atoms with Gasteiger partial charge in [-0.25, -0.2) is 4.68 Å². The molecule has 9 heteroatoms. The van der Waals surface area contributed by atoms with Crippen LogP contribution in [0.3, 0.4) is 0 Å². The molecule has 0 saturated heterocycles. The molecule has 0 spiro atoms. The first-order valence-corrected chi connectivity index (χ1v) is 10.9. The molecule has 0 amide bonds. The van der Waals surface area contributed by atoms with Crippen molar-refractivity contribution < 1.29 is 9.90 Å². The number of anilines is 2. The Labute approximate surface area is 179 Å². The molecule has 0 aliphatic heterocycles. The zero-order chi connectivity index (χ0) is 21.3. The predicted octanol–water partition coefficient (Wildman–Crippen LogP) is 3.75. The summed E-state index contributed by atoms with van der Waals surface area (Å²) < 4.78 is 1.57. The normalized spacial score (nSPS) is 31.8. The van der Waals surface area contributed by atoms with E-state index in [-0.39, 0.29) is 22.4 Å². The number of carboxylic acids is 1. The lowest BCUT2D eigenvalue weighted by molar-refractivity contribution is -0.151. The third kappa shape index (κ3) is 2.95. The number of carbonyl (C=O) groups is 1. The summed E-state index contributed by atoms with van der Waals surface area (Å²) in [6.07, 6.45) is 7.24. The lowest BCUT2D eigenvalue weighted by Gasteiger charge is -2.61. The minimum Gasteiger partial charge on any atom is -0.481 e. The van der Waals surface area contributed by atoms with E-state index in [2.05, 4.69) is 20.6 Å². The molecular formula is C21H26ClN5O3. The van der Waals surface area contributed by atoms with Gasteiger partial charge < -0.3 is 10.4 Å². The zero-order valence-corrected chi connectivity index (χ0v) is 17.9. The number of aryl methyl sites for hydroxylation is 2. The third-order valence-electron chi connectivity index (χ3n) is 7.43. The molecule has 160 valence electrons. The summed E-state index contributed by atoms with van der Waals surface area (Å²) in [5.41, 5.74) is 1.90. The number of hydrogen-bond acceptors (Lipinski definition) is 5. The fourth-order valence-corrected chi connectivity index (χ4v) is 7.08. The Morgan fingerprint density at radius 3 is 2.63 bits per heavy atom. The Kier molecular flexibility index (Phi) is 4.29. The van der Waals surface area contributed by atoms with Crippen LogP contribution in [0.1, 0.15) is 56.3 Å². The molecular weight excluding hydrogens is 406 g/mol. The molecule has 4 fully saturated rings. The van der Waals surface area contributed by atoms with Crippen LogP contribution < -0.4 is 10.9 Å². The van der Waals surface area contributed by atoms with Crippen LogP contribution in [0.25, 0.3) is 0 Å². The highest BCUT2D eigenvalue weighted by molar-refractivity contribution is 6.33. The summed E-state index contributed by atoms with van der Waals surface area (Å²) in [6.45, 7) is 3.76. The van der Waals surface area contributed by atoms with E-state index in [0.29, 0.717) is 23.9 Å². The molecule has 0 radical (unpaired) electrons. The van der Waals surface area contributed by atoms with E-state index in [9.17, 15) is 14.7 Å². The number of H-pyrrole nitrogens is 1. The van der Waals surface area contributed by atoms with Crippen LogP contribution in [-0.2, 0) is 10.3 Å². The maximum absolute atomic E-state index is 13.3. The van der Waals surface area contributed by atoms with Crippen LogP contribution in [0, 0.1) is 31.1 Å². The van der Waals surface area contributed by atoms with Gasteiger partial charge >= 0.3 is 5.97 Å². The van der Waals surface area contributed by atoms with Crippen LogP contribution in [0.15, 0.2) is 11.0 Å². The van der Waals surface area contributed by atoms with Gasteiger partial charge in [-0.2, -0.15) is 10.2 Å². The van der Waals surface area contributed by atoms with E-state index in [1.807, 2.05) is 13.8 Å². The van der Waals surface area contributed by atoms with Crippen LogP contribution in [0.4, 0.5) is 11.4 Å². The second-order valence-electron chi connectivity index (χ2n) is 9.78. The maximum atomic E-state index is 13.3. The Balaban J connectivity index is 1.52. The van der Waals surface area contributed by atoms with Crippen molar-refractivity contribution in [2.45, 2.75) is 64.3 Å². The van der Waals surface area contributed by atoms with Gasteiger partial charge in [-0.1, -0.05) is 11.6 Å². The van der Waals surface area contributed by atoms with Crippen LogP contribution in [0.5, 0.6) is 0 Å². The first-order chi connectivity index (χ1) is 14.2. The van der Waals surface area contributed by atoms with Crippen molar-refractivity contribution in [1.29, 1.82) is 0 Å². The number of halogens is 1. The molecule has 2 aromatic heterocycles. The molecule has 2 unspecified atom stereocenters. The number of rotatable bonds is 5. The Morgan fingerprint density at radius 1 is 1.33 bits per heavy atom. The van der Waals surface area contributed by atoms with Crippen LogP contribution in [-0.4, -0.2) is 31.1 Å². The van der Waals surface area contributed by atoms with Gasteiger partial charge in [0, 0.05) is 0 Å². The second-order valence-corrected chi connectivity index (χ2v) is 10.2. The molecule has 30 heavy (non-hydrogen) atoms. The van der Waals surface area contributed by atoms with Gasteiger partial charge in [-0.3, -0.25) is 14.7 Å². The summed E-state index contributed by atoms with van der Waals surface area (Å²) in [5.74, 6) is 0.148. The molecule has 4 aliphatic rings. The summed E-state index contributed by atoms with van der Waals surface area (Å²) >= 11 is 6.52. The van der Waals surface area contributed by atoms with Gasteiger partial charge in [0.1, 0.15) is 5.02 Å². The largest absolute Gasteiger partial charge is 0.481 e. The number of carboxylic acid groups (broad SMARTS) is 1. The predicted molar refractivity (Wildman–Crippen MR) is 112 cm³/mol. The van der Waals surface area contributed by atoms with Gasteiger partial charge in [-0.05, 0) is 69.6 Å². The van der Waals surface area contributed by atoms with E-state index in [1.54, 1.807) is 10.9 Å². The fraction of sp³-hybridized carbons (Fsp3) is 0.619. The number of aromatic nitrogens is 4. The average molecular weight is 432 g/mol. The molecule has 8 nitrogen and oxygen atoms in total. The van der Waals surface area contributed by atoms with Crippen molar-refractivity contribution in [3.63, 3.8) is 0 Å². The van der Waals surface area contributed by atoms with Crippen molar-refractivity contribution in [2.75, 3.05) is 5.32 Å². The number of hydrogen-bond donors (Lipinski definition) is 3. The van der Waals surface area contributed by atoms with Crippen molar-refractivity contribution in [1.82, 2.24) is 20.0 Å². The Bertz CT molecular complexity index is 1060. The van der Waals surface area contributed by atoms with Crippen LogP contribution >= 0.6 is 11.6 Å². The first kappa shape index (κ1) is 19.6. The van der Waals surface area contributed by atoms with Crippen LogP contribution in [0.2, 0.25) is 5.02 Å². The zero-order valence-electron chi connectivity index (χ0n) is 17.2. The Morgan fingerprint density at radius 2 is 2.03 bits per heavy atom. The number of aliphatic carboxylic acids is 1. The highest BCUT2D eigenvalue weighted by Crippen LogP contribution is 2.65. The second kappa shape index (κ2) is 6.57. The van der Waals surface area contributed by atoms with E-state index >= 15 is 0 Å². The summed E-state index contributed by atoms with van der Waals surface area (Å²) in [5, 5.41) is 24.4. The lowest BCUT2D eigenvalue weighted by Crippen LogP contribution is -2.59. The highest BCUT2D eigenvalue weighted by atomic mass is 35.5. The van der Waals surface area contributed by atoms with Gasteiger partial charge in [0.15, 0.2) is 0 Å². The van der Waals surface area contributed by atoms with E-state index in [4.69, 9.17) is 11.6 Å². The molecule has 2 aromatic rings. The van der Waals surface area contributed by atoms with Gasteiger partial charge in [-0.15, -0.1) is 0 Å². The van der Waals surface area contributed by atoms with Crippen molar-refractivity contribution in [3.05, 3.63) is 33.0 Å². The van der Waals surface area contributed by atoms with Crippen molar-refractivity contribution >= 4 is 28.9 Å². The van der Waals surface area contributed by atoms with E-state index < -0.39 is 11.5 Å². The monoisotopic (exact) mass is 431 g/mol. The van der Waals surface area contributed by atoms with Gasteiger partial charge in [0.25, 0.3) is 5.56 Å². The van der Waals surface area contributed by atoms with E-state index in [1.165, 1.54) is 0 Å². The third-order valence-corrected chi connectivity index (χ3v) is 7.80. The van der Waals surface area contributed by atoms with Crippen molar-refractivity contribution in [2.24, 2.45) is 17.3 Å². The number of aromatic amines is 1. The molecule has 4 atom stereocenters. The number of nitrogens with zero attached hydrogens (tertiary/aromatic N) is 3. The Hall–Kier alpha value is -2.35. The molecule has 6 rings (SSSR count).